The van der Waals surface area contributed by atoms with Gasteiger partial charge in [0.2, 0.25) is 10.0 Å². The maximum Gasteiger partial charge on any atom is 0.240 e. The molecule has 1 aliphatic rings. The van der Waals surface area contributed by atoms with E-state index in [0.29, 0.717) is 29.9 Å². The van der Waals surface area contributed by atoms with Gasteiger partial charge in [-0.15, -0.1) is 0 Å². The first-order chi connectivity index (χ1) is 9.56. The largest absolute Gasteiger partial charge is 0.382 e. The summed E-state index contributed by atoms with van der Waals surface area (Å²) in [4.78, 5) is 0.298. The molecule has 0 aliphatic heterocycles. The quantitative estimate of drug-likeness (QED) is 0.743. The molecule has 2 atom stereocenters. The highest BCUT2D eigenvalue weighted by Gasteiger charge is 2.25. The van der Waals surface area contributed by atoms with Gasteiger partial charge in [-0.05, 0) is 49.6 Å². The molecule has 0 radical (unpaired) electrons. The van der Waals surface area contributed by atoms with Crippen molar-refractivity contribution in [2.75, 3.05) is 18.4 Å². The summed E-state index contributed by atoms with van der Waals surface area (Å²) in [7, 11) is -3.37. The third-order valence-corrected chi connectivity index (χ3v) is 5.37. The van der Waals surface area contributed by atoms with Crippen molar-refractivity contribution in [3.8, 4) is 0 Å². The first-order valence-corrected chi connectivity index (χ1v) is 8.61. The highest BCUT2D eigenvalue weighted by atomic mass is 32.2. The molecule has 112 valence electrons. The number of anilines is 1. The van der Waals surface area contributed by atoms with Crippen LogP contribution in [0.25, 0.3) is 0 Å². The predicted octanol–water partition coefficient (Wildman–Crippen LogP) is 1.52. The molecule has 5 nitrogen and oxygen atoms in total. The van der Waals surface area contributed by atoms with Crippen molar-refractivity contribution in [3.63, 3.8) is 0 Å². The van der Waals surface area contributed by atoms with Gasteiger partial charge in [-0.2, -0.15) is 0 Å². The molecule has 2 rings (SSSR count). The second-order valence-corrected chi connectivity index (χ2v) is 6.97. The monoisotopic (exact) mass is 297 g/mol. The van der Waals surface area contributed by atoms with Crippen LogP contribution < -0.4 is 15.8 Å². The van der Waals surface area contributed by atoms with Gasteiger partial charge in [-0.25, -0.2) is 13.1 Å². The van der Waals surface area contributed by atoms with Crippen LogP contribution in [-0.2, 0) is 10.0 Å². The standard InChI is InChI=1S/C14H23N3O2S/c1-2-16-20(18,19)13-8-6-12(7-9-13)17-14-5-3-4-11(14)10-15/h6-9,11,14,16-17H,2-5,10,15H2,1H3. The number of nitrogens with one attached hydrogen (secondary N) is 2. The van der Waals surface area contributed by atoms with Gasteiger partial charge in [-0.1, -0.05) is 13.3 Å². The molecule has 0 amide bonds. The zero-order chi connectivity index (χ0) is 14.6. The van der Waals surface area contributed by atoms with E-state index in [0.717, 1.165) is 12.1 Å². The fourth-order valence-electron chi connectivity index (χ4n) is 2.73. The zero-order valence-electron chi connectivity index (χ0n) is 11.8. The number of rotatable bonds is 6. The van der Waals surface area contributed by atoms with Crippen LogP contribution in [0.2, 0.25) is 0 Å². The summed E-state index contributed by atoms with van der Waals surface area (Å²) in [6.45, 7) is 2.85. The maximum absolute atomic E-state index is 11.8. The normalized spacial score (nSPS) is 22.9. The van der Waals surface area contributed by atoms with E-state index in [2.05, 4.69) is 10.0 Å². The highest BCUT2D eigenvalue weighted by molar-refractivity contribution is 7.89. The summed E-state index contributed by atoms with van der Waals surface area (Å²) in [5.41, 5.74) is 6.71. The molecule has 0 spiro atoms. The van der Waals surface area contributed by atoms with E-state index in [1.807, 2.05) is 12.1 Å². The molecule has 0 heterocycles. The van der Waals surface area contributed by atoms with Crippen LogP contribution in [0.4, 0.5) is 5.69 Å². The smallest absolute Gasteiger partial charge is 0.240 e. The van der Waals surface area contributed by atoms with Gasteiger partial charge in [0.25, 0.3) is 0 Å². The van der Waals surface area contributed by atoms with Crippen LogP contribution in [0, 0.1) is 5.92 Å². The number of benzene rings is 1. The predicted molar refractivity (Wildman–Crippen MR) is 81.1 cm³/mol. The van der Waals surface area contributed by atoms with Crippen molar-refractivity contribution in [2.45, 2.75) is 37.1 Å². The Hall–Kier alpha value is -1.11. The van der Waals surface area contributed by atoms with Crippen LogP contribution in [-0.4, -0.2) is 27.5 Å². The van der Waals surface area contributed by atoms with Crippen LogP contribution in [0.5, 0.6) is 0 Å². The van der Waals surface area contributed by atoms with Gasteiger partial charge in [0.05, 0.1) is 4.90 Å². The Balaban J connectivity index is 2.05. The van der Waals surface area contributed by atoms with E-state index < -0.39 is 10.0 Å². The van der Waals surface area contributed by atoms with E-state index >= 15 is 0 Å². The lowest BCUT2D eigenvalue weighted by Crippen LogP contribution is -2.29. The lowest BCUT2D eigenvalue weighted by molar-refractivity contribution is 0.516. The summed E-state index contributed by atoms with van der Waals surface area (Å²) in [5, 5.41) is 3.46. The highest BCUT2D eigenvalue weighted by Crippen LogP contribution is 2.28. The van der Waals surface area contributed by atoms with E-state index in [9.17, 15) is 8.42 Å². The molecule has 4 N–H and O–H groups in total. The van der Waals surface area contributed by atoms with Crippen LogP contribution in [0.15, 0.2) is 29.2 Å². The summed E-state index contributed by atoms with van der Waals surface area (Å²) in [6, 6.07) is 7.29. The van der Waals surface area contributed by atoms with Gasteiger partial charge in [0, 0.05) is 18.3 Å². The fraction of sp³-hybridized carbons (Fsp3) is 0.571. The number of hydrogen-bond donors (Lipinski definition) is 3. The lowest BCUT2D eigenvalue weighted by Gasteiger charge is -2.20. The fourth-order valence-corrected chi connectivity index (χ4v) is 3.77. The summed E-state index contributed by atoms with van der Waals surface area (Å²) in [5.74, 6) is 0.514. The molecular formula is C14H23N3O2S. The van der Waals surface area contributed by atoms with Gasteiger partial charge in [0.1, 0.15) is 0 Å². The minimum atomic E-state index is -3.37. The molecule has 0 saturated heterocycles. The van der Waals surface area contributed by atoms with Crippen LogP contribution in [0.3, 0.4) is 0 Å². The van der Waals surface area contributed by atoms with Crippen molar-refractivity contribution in [1.82, 2.24) is 4.72 Å². The Bertz CT molecular complexity index is 528. The lowest BCUT2D eigenvalue weighted by atomic mass is 10.0. The first kappa shape index (κ1) is 15.3. The van der Waals surface area contributed by atoms with Gasteiger partial charge >= 0.3 is 0 Å². The number of nitrogens with two attached hydrogens (primary N) is 1. The average molecular weight is 297 g/mol. The molecular weight excluding hydrogens is 274 g/mol. The Morgan fingerprint density at radius 1 is 1.25 bits per heavy atom. The minimum Gasteiger partial charge on any atom is -0.382 e. The number of sulfonamides is 1. The van der Waals surface area contributed by atoms with E-state index in [4.69, 9.17) is 5.73 Å². The minimum absolute atomic E-state index is 0.298. The summed E-state index contributed by atoms with van der Waals surface area (Å²) < 4.78 is 26.2. The molecule has 1 saturated carbocycles. The van der Waals surface area contributed by atoms with Crippen molar-refractivity contribution in [2.24, 2.45) is 11.7 Å². The molecule has 1 aromatic carbocycles. The Kier molecular flexibility index (Phi) is 5.01. The third kappa shape index (κ3) is 3.50. The van der Waals surface area contributed by atoms with Crippen molar-refractivity contribution in [3.05, 3.63) is 24.3 Å². The maximum atomic E-state index is 11.8. The SMILES string of the molecule is CCNS(=O)(=O)c1ccc(NC2CCCC2CN)cc1. The van der Waals surface area contributed by atoms with Gasteiger partial charge in [0.15, 0.2) is 0 Å². The molecule has 1 fully saturated rings. The third-order valence-electron chi connectivity index (χ3n) is 3.81. The molecule has 2 unspecified atom stereocenters. The second kappa shape index (κ2) is 6.56. The van der Waals surface area contributed by atoms with Gasteiger partial charge < -0.3 is 11.1 Å². The number of hydrogen-bond acceptors (Lipinski definition) is 4. The Morgan fingerprint density at radius 3 is 2.55 bits per heavy atom. The van der Waals surface area contributed by atoms with Crippen LogP contribution >= 0.6 is 0 Å². The van der Waals surface area contributed by atoms with E-state index in [1.54, 1.807) is 19.1 Å². The Morgan fingerprint density at radius 2 is 1.95 bits per heavy atom. The second-order valence-electron chi connectivity index (χ2n) is 5.20. The first-order valence-electron chi connectivity index (χ1n) is 7.13. The average Bonchev–Trinajstić information content (AvgIpc) is 2.86. The van der Waals surface area contributed by atoms with Crippen molar-refractivity contribution < 1.29 is 8.42 Å². The van der Waals surface area contributed by atoms with Crippen LogP contribution in [0.1, 0.15) is 26.2 Å². The van der Waals surface area contributed by atoms with Gasteiger partial charge in [-0.3, -0.25) is 0 Å². The molecule has 6 heteroatoms. The Labute approximate surface area is 121 Å². The molecule has 1 aliphatic carbocycles. The molecule has 0 bridgehead atoms. The topological polar surface area (TPSA) is 84.2 Å². The van der Waals surface area contributed by atoms with Crippen molar-refractivity contribution in [1.29, 1.82) is 0 Å². The summed E-state index contributed by atoms with van der Waals surface area (Å²) >= 11 is 0. The van der Waals surface area contributed by atoms with Crippen molar-refractivity contribution >= 4 is 15.7 Å². The zero-order valence-corrected chi connectivity index (χ0v) is 12.6. The van der Waals surface area contributed by atoms with E-state index in [1.165, 1.54) is 12.8 Å². The van der Waals surface area contributed by atoms with E-state index in [-0.39, 0.29) is 0 Å². The molecule has 1 aromatic rings. The molecule has 0 aromatic heterocycles. The molecule has 20 heavy (non-hydrogen) atoms. The summed E-state index contributed by atoms with van der Waals surface area (Å²) in [6.07, 6.45) is 3.49.